The molecule has 5 nitrogen and oxygen atoms in total. The minimum atomic E-state index is -0.0258. The second kappa shape index (κ2) is 9.58. The van der Waals surface area contributed by atoms with Crippen LogP contribution in [0, 0.1) is 19.3 Å². The Labute approximate surface area is 174 Å². The van der Waals surface area contributed by atoms with E-state index in [1.54, 1.807) is 13.0 Å². The summed E-state index contributed by atoms with van der Waals surface area (Å²) in [4.78, 5) is 23.8. The molecule has 1 aromatic rings. The summed E-state index contributed by atoms with van der Waals surface area (Å²) < 4.78 is 0. The molecule has 2 aliphatic rings. The lowest BCUT2D eigenvalue weighted by Crippen LogP contribution is -2.44. The molecule has 0 unspecified atom stereocenters. The topological polar surface area (TPSA) is 39.2 Å². The van der Waals surface area contributed by atoms with Crippen LogP contribution in [0.4, 0.5) is 0 Å². The van der Waals surface area contributed by atoms with Gasteiger partial charge in [-0.05, 0) is 44.0 Å². The van der Waals surface area contributed by atoms with Gasteiger partial charge in [-0.2, -0.15) is 0 Å². The van der Waals surface area contributed by atoms with Gasteiger partial charge in [-0.15, -0.1) is 6.42 Å². The molecule has 1 saturated heterocycles. The van der Waals surface area contributed by atoms with Gasteiger partial charge in [0, 0.05) is 45.3 Å². The molecule has 0 aromatic heterocycles. The number of allylic oxidation sites excluding steroid dienone is 1. The lowest BCUT2D eigenvalue weighted by Gasteiger charge is -2.34. The van der Waals surface area contributed by atoms with Crippen molar-refractivity contribution in [2.24, 2.45) is 4.99 Å². The Kier molecular flexibility index (Phi) is 6.90. The summed E-state index contributed by atoms with van der Waals surface area (Å²) in [6.45, 7) is 8.87. The number of benzene rings is 1. The third-order valence-corrected chi connectivity index (χ3v) is 5.62. The number of aryl methyl sites for hydroxylation is 1. The van der Waals surface area contributed by atoms with Gasteiger partial charge in [0.2, 0.25) is 0 Å². The summed E-state index contributed by atoms with van der Waals surface area (Å²) in [5.74, 6) is 3.25. The van der Waals surface area contributed by atoms with Gasteiger partial charge in [-0.1, -0.05) is 36.3 Å². The molecule has 0 bridgehead atoms. The maximum atomic E-state index is 12.9. The van der Waals surface area contributed by atoms with E-state index in [2.05, 4.69) is 65.0 Å². The predicted octanol–water partition coefficient (Wildman–Crippen LogP) is 2.79. The van der Waals surface area contributed by atoms with Gasteiger partial charge < -0.3 is 14.7 Å². The molecule has 0 radical (unpaired) electrons. The van der Waals surface area contributed by atoms with Crippen molar-refractivity contribution in [3.63, 3.8) is 0 Å². The molecule has 2 aliphatic heterocycles. The van der Waals surface area contributed by atoms with Gasteiger partial charge in [-0.3, -0.25) is 4.79 Å². The van der Waals surface area contributed by atoms with Crippen LogP contribution in [0.2, 0.25) is 0 Å². The maximum absolute atomic E-state index is 12.9. The third-order valence-electron chi connectivity index (χ3n) is 5.62. The van der Waals surface area contributed by atoms with Crippen LogP contribution in [0.25, 0.3) is 5.57 Å². The normalized spacial score (nSPS) is 19.0. The molecule has 1 fully saturated rings. The van der Waals surface area contributed by atoms with Gasteiger partial charge in [0.15, 0.2) is 0 Å². The van der Waals surface area contributed by atoms with Crippen LogP contribution in [0.15, 0.2) is 47.2 Å². The molecule has 152 valence electrons. The number of terminal acetylenes is 1. The average Bonchev–Trinajstić information content (AvgIpc) is 2.74. The molecular formula is C24H30N4O. The first-order valence-corrected chi connectivity index (χ1v) is 10.2. The Morgan fingerprint density at radius 2 is 1.86 bits per heavy atom. The Hall–Kier alpha value is -2.84. The highest BCUT2D eigenvalue weighted by Gasteiger charge is 2.22. The van der Waals surface area contributed by atoms with Gasteiger partial charge >= 0.3 is 0 Å². The number of piperazine rings is 1. The summed E-state index contributed by atoms with van der Waals surface area (Å²) in [5, 5.41) is 0. The van der Waals surface area contributed by atoms with Crippen molar-refractivity contribution in [2.45, 2.75) is 20.3 Å². The Balaban J connectivity index is 1.69. The van der Waals surface area contributed by atoms with E-state index in [0.717, 1.165) is 32.6 Å². The minimum absolute atomic E-state index is 0.0258. The number of hydrogen-bond donors (Lipinski definition) is 0. The zero-order valence-corrected chi connectivity index (χ0v) is 17.7. The molecule has 1 aromatic carbocycles. The van der Waals surface area contributed by atoms with Crippen molar-refractivity contribution < 1.29 is 4.79 Å². The maximum Gasteiger partial charge on any atom is 0.268 e. The summed E-state index contributed by atoms with van der Waals surface area (Å²) in [6, 6.07) is 8.40. The lowest BCUT2D eigenvalue weighted by molar-refractivity contribution is -0.123. The lowest BCUT2D eigenvalue weighted by atomic mass is 9.95. The summed E-state index contributed by atoms with van der Waals surface area (Å²) >= 11 is 0. The van der Waals surface area contributed by atoms with Crippen LogP contribution < -0.4 is 0 Å². The van der Waals surface area contributed by atoms with Crippen molar-refractivity contribution in [3.05, 3.63) is 53.4 Å². The number of aliphatic imine (C=N–C) groups is 1. The molecule has 29 heavy (non-hydrogen) atoms. The number of hydrogen-bond acceptors (Lipinski definition) is 4. The van der Waals surface area contributed by atoms with E-state index >= 15 is 0 Å². The van der Waals surface area contributed by atoms with Crippen molar-refractivity contribution in [1.29, 1.82) is 0 Å². The molecule has 0 aliphatic carbocycles. The molecule has 5 heteroatoms. The number of nitrogens with zero attached hydrogens (tertiary/aromatic N) is 4. The van der Waals surface area contributed by atoms with Crippen molar-refractivity contribution in [2.75, 3.05) is 46.3 Å². The fourth-order valence-electron chi connectivity index (χ4n) is 3.78. The highest BCUT2D eigenvalue weighted by Crippen LogP contribution is 2.25. The fourth-order valence-corrected chi connectivity index (χ4v) is 3.78. The van der Waals surface area contributed by atoms with Gasteiger partial charge in [0.05, 0.1) is 0 Å². The number of carbonyl (C=O) groups excluding carboxylic acids is 1. The molecule has 0 spiro atoms. The van der Waals surface area contributed by atoms with E-state index < -0.39 is 0 Å². The SMILES string of the molecule is C#C/C=C(\N=C(/C)C(=O)N1CC=C(c2ccccc2C)CC1)N1CCN(C)CC1. The molecule has 3 rings (SSSR count). The largest absolute Gasteiger partial charge is 0.354 e. The van der Waals surface area contributed by atoms with Gasteiger partial charge in [0.1, 0.15) is 11.5 Å². The highest BCUT2D eigenvalue weighted by molar-refractivity contribution is 6.38. The van der Waals surface area contributed by atoms with Crippen molar-refractivity contribution in [3.8, 4) is 12.3 Å². The van der Waals surface area contributed by atoms with E-state index in [4.69, 9.17) is 6.42 Å². The van der Waals surface area contributed by atoms with Crippen molar-refractivity contribution in [1.82, 2.24) is 14.7 Å². The van der Waals surface area contributed by atoms with Crippen LogP contribution in [0.1, 0.15) is 24.5 Å². The van der Waals surface area contributed by atoms with Crippen LogP contribution in [0.5, 0.6) is 0 Å². The van der Waals surface area contributed by atoms with E-state index in [9.17, 15) is 4.79 Å². The Morgan fingerprint density at radius 3 is 2.48 bits per heavy atom. The zero-order valence-electron chi connectivity index (χ0n) is 17.7. The first-order chi connectivity index (χ1) is 14.0. The number of carbonyl (C=O) groups is 1. The first-order valence-electron chi connectivity index (χ1n) is 10.2. The number of amides is 1. The Morgan fingerprint density at radius 1 is 1.14 bits per heavy atom. The van der Waals surface area contributed by atoms with E-state index in [0.29, 0.717) is 24.6 Å². The van der Waals surface area contributed by atoms with Crippen LogP contribution in [-0.4, -0.2) is 72.6 Å². The minimum Gasteiger partial charge on any atom is -0.354 e. The summed E-state index contributed by atoms with van der Waals surface area (Å²) in [6.07, 6.45) is 10.2. The summed E-state index contributed by atoms with van der Waals surface area (Å²) in [5.41, 5.74) is 4.34. The first kappa shape index (κ1) is 20.9. The van der Waals surface area contributed by atoms with Crippen LogP contribution >= 0.6 is 0 Å². The van der Waals surface area contributed by atoms with Crippen LogP contribution in [-0.2, 0) is 4.79 Å². The predicted molar refractivity (Wildman–Crippen MR) is 119 cm³/mol. The smallest absolute Gasteiger partial charge is 0.268 e. The zero-order chi connectivity index (χ0) is 20.8. The quantitative estimate of drug-likeness (QED) is 0.586. The van der Waals surface area contributed by atoms with E-state index in [1.165, 1.54) is 16.7 Å². The molecule has 0 atom stereocenters. The molecule has 0 N–H and O–H groups in total. The second-order valence-corrected chi connectivity index (χ2v) is 7.70. The standard InChI is InChI=1S/C24H30N4O/c1-5-8-23(27-17-15-26(4)16-18-27)25-20(3)24(29)28-13-11-21(12-14-28)22-10-7-6-9-19(22)2/h1,6-11H,12-18H2,2-4H3/b23-8+,25-20+. The average molecular weight is 391 g/mol. The van der Waals surface area contributed by atoms with Gasteiger partial charge in [-0.25, -0.2) is 4.99 Å². The fraction of sp³-hybridized carbons (Fsp3) is 0.417. The summed E-state index contributed by atoms with van der Waals surface area (Å²) in [7, 11) is 2.11. The monoisotopic (exact) mass is 390 g/mol. The van der Waals surface area contributed by atoms with Gasteiger partial charge in [0.25, 0.3) is 5.91 Å². The third kappa shape index (κ3) is 5.16. The molecule has 2 heterocycles. The van der Waals surface area contributed by atoms with E-state index in [1.807, 2.05) is 4.90 Å². The van der Waals surface area contributed by atoms with E-state index in [-0.39, 0.29) is 5.91 Å². The van der Waals surface area contributed by atoms with Crippen molar-refractivity contribution >= 4 is 17.2 Å². The van der Waals surface area contributed by atoms with Crippen LogP contribution in [0.3, 0.4) is 0 Å². The number of rotatable bonds is 4. The highest BCUT2D eigenvalue weighted by atomic mass is 16.2. The number of likely N-dealkylation sites (N-methyl/N-ethyl adjacent to an activating group) is 1. The molecule has 0 saturated carbocycles. The second-order valence-electron chi connectivity index (χ2n) is 7.70. The Bertz CT molecular complexity index is 882. The molecular weight excluding hydrogens is 360 g/mol. The molecule has 1 amide bonds.